The van der Waals surface area contributed by atoms with Crippen molar-refractivity contribution >= 4 is 11.0 Å². The molecule has 0 aliphatic rings. The monoisotopic (exact) mass is 392 g/mol. The molecule has 150 valence electrons. The number of aromatic amines is 2. The lowest BCUT2D eigenvalue weighted by atomic mass is 9.83. The highest BCUT2D eigenvalue weighted by Gasteiger charge is 2.35. The standard InChI is InChI=1S/C22H24N4O3/c1-4-5-9-22(28,18-8-6-7-10-23-18)16-11-15(19-13(2)26-29-14(19)3)12-17-20(16)25-21(27)24-17/h6-8,10-12,28H,4-5,9H2,1-3H3,(H2,24,25,27). The second-order valence-electron chi connectivity index (χ2n) is 7.40. The third-order valence-corrected chi connectivity index (χ3v) is 5.37. The summed E-state index contributed by atoms with van der Waals surface area (Å²) in [6, 6.07) is 9.27. The molecule has 29 heavy (non-hydrogen) atoms. The molecular formula is C22H24N4O3. The van der Waals surface area contributed by atoms with Gasteiger partial charge in [0.1, 0.15) is 11.4 Å². The van der Waals surface area contributed by atoms with E-state index >= 15 is 0 Å². The van der Waals surface area contributed by atoms with E-state index in [1.165, 1.54) is 0 Å². The molecule has 0 spiro atoms. The van der Waals surface area contributed by atoms with E-state index in [9.17, 15) is 9.90 Å². The van der Waals surface area contributed by atoms with Crippen LogP contribution < -0.4 is 5.69 Å². The van der Waals surface area contributed by atoms with E-state index < -0.39 is 5.60 Å². The fourth-order valence-corrected chi connectivity index (χ4v) is 3.95. The quantitative estimate of drug-likeness (QED) is 0.460. The van der Waals surface area contributed by atoms with Gasteiger partial charge in [-0.05, 0) is 50.1 Å². The van der Waals surface area contributed by atoms with E-state index in [1.807, 2.05) is 44.2 Å². The zero-order valence-corrected chi connectivity index (χ0v) is 16.7. The van der Waals surface area contributed by atoms with E-state index in [2.05, 4.69) is 27.0 Å². The number of aliphatic hydroxyl groups is 1. The van der Waals surface area contributed by atoms with Crippen LogP contribution in [0.5, 0.6) is 0 Å². The molecule has 1 aromatic carbocycles. The Morgan fingerprint density at radius 3 is 2.69 bits per heavy atom. The first-order valence-corrected chi connectivity index (χ1v) is 9.77. The van der Waals surface area contributed by atoms with Crippen LogP contribution in [0.25, 0.3) is 22.2 Å². The number of hydrogen-bond acceptors (Lipinski definition) is 5. The van der Waals surface area contributed by atoms with Gasteiger partial charge in [0.05, 0.1) is 22.4 Å². The summed E-state index contributed by atoms with van der Waals surface area (Å²) in [6.07, 6.45) is 3.87. The van der Waals surface area contributed by atoms with Crippen LogP contribution in [0.4, 0.5) is 0 Å². The van der Waals surface area contributed by atoms with Crippen LogP contribution in [-0.2, 0) is 5.60 Å². The average molecular weight is 392 g/mol. The van der Waals surface area contributed by atoms with Gasteiger partial charge in [0.25, 0.3) is 0 Å². The highest BCUT2D eigenvalue weighted by Crippen LogP contribution is 2.40. The van der Waals surface area contributed by atoms with Gasteiger partial charge in [-0.3, -0.25) is 4.98 Å². The second-order valence-corrected chi connectivity index (χ2v) is 7.40. The molecule has 3 aromatic heterocycles. The minimum absolute atomic E-state index is 0.323. The van der Waals surface area contributed by atoms with E-state index in [4.69, 9.17) is 4.52 Å². The van der Waals surface area contributed by atoms with Crippen molar-refractivity contribution in [1.82, 2.24) is 20.1 Å². The number of imidazole rings is 1. The summed E-state index contributed by atoms with van der Waals surface area (Å²) in [5.74, 6) is 0.681. The molecule has 0 fully saturated rings. The molecule has 3 N–H and O–H groups in total. The largest absolute Gasteiger partial charge is 0.379 e. The highest BCUT2D eigenvalue weighted by atomic mass is 16.5. The zero-order valence-electron chi connectivity index (χ0n) is 16.7. The Morgan fingerprint density at radius 2 is 2.03 bits per heavy atom. The molecule has 1 atom stereocenters. The number of hydrogen-bond donors (Lipinski definition) is 3. The zero-order chi connectivity index (χ0) is 20.6. The first kappa shape index (κ1) is 19.1. The number of rotatable bonds is 6. The molecule has 0 radical (unpaired) electrons. The van der Waals surface area contributed by atoms with Gasteiger partial charge in [-0.1, -0.05) is 31.0 Å². The van der Waals surface area contributed by atoms with Crippen LogP contribution in [-0.4, -0.2) is 25.2 Å². The highest BCUT2D eigenvalue weighted by molar-refractivity contribution is 5.86. The van der Waals surface area contributed by atoms with Gasteiger partial charge in [0.15, 0.2) is 0 Å². The molecule has 0 aliphatic carbocycles. The van der Waals surface area contributed by atoms with Crippen molar-refractivity contribution in [2.24, 2.45) is 0 Å². The molecule has 1 unspecified atom stereocenters. The number of H-pyrrole nitrogens is 2. The fraction of sp³-hybridized carbons (Fsp3) is 0.318. The summed E-state index contributed by atoms with van der Waals surface area (Å²) in [7, 11) is 0. The van der Waals surface area contributed by atoms with Crippen molar-refractivity contribution in [1.29, 1.82) is 0 Å². The molecule has 0 amide bonds. The number of unbranched alkanes of at least 4 members (excludes halogenated alkanes) is 1. The molecular weight excluding hydrogens is 368 g/mol. The van der Waals surface area contributed by atoms with Crippen molar-refractivity contribution in [2.45, 2.75) is 45.6 Å². The number of benzene rings is 1. The Labute approximate surface area is 167 Å². The fourth-order valence-electron chi connectivity index (χ4n) is 3.95. The summed E-state index contributed by atoms with van der Waals surface area (Å²) in [6.45, 7) is 5.80. The first-order chi connectivity index (χ1) is 13.9. The van der Waals surface area contributed by atoms with Gasteiger partial charge >= 0.3 is 5.69 Å². The average Bonchev–Trinajstić information content (AvgIpc) is 3.26. The Balaban J connectivity index is 2.03. The first-order valence-electron chi connectivity index (χ1n) is 9.77. The van der Waals surface area contributed by atoms with Gasteiger partial charge in [0, 0.05) is 17.3 Å². The minimum Gasteiger partial charge on any atom is -0.379 e. The van der Waals surface area contributed by atoms with Crippen LogP contribution in [0.2, 0.25) is 0 Å². The summed E-state index contributed by atoms with van der Waals surface area (Å²) in [5, 5.41) is 16.0. The number of aromatic nitrogens is 4. The van der Waals surface area contributed by atoms with Crippen LogP contribution in [0.3, 0.4) is 0 Å². The predicted molar refractivity (Wildman–Crippen MR) is 111 cm³/mol. The number of fused-ring (bicyclic) bond motifs is 1. The van der Waals surface area contributed by atoms with E-state index in [1.54, 1.807) is 6.20 Å². The molecule has 7 nitrogen and oxygen atoms in total. The Morgan fingerprint density at radius 1 is 1.21 bits per heavy atom. The summed E-state index contributed by atoms with van der Waals surface area (Å²) in [4.78, 5) is 22.2. The van der Waals surface area contributed by atoms with Crippen LogP contribution in [0.1, 0.15) is 48.9 Å². The van der Waals surface area contributed by atoms with Gasteiger partial charge in [-0.25, -0.2) is 4.79 Å². The SMILES string of the molecule is CCCCC(O)(c1ccccn1)c1cc(-c2c(C)noc2C)cc2[nH]c(=O)[nH]c12. The molecule has 0 aliphatic heterocycles. The van der Waals surface area contributed by atoms with Crippen molar-refractivity contribution in [3.8, 4) is 11.1 Å². The second kappa shape index (κ2) is 7.33. The van der Waals surface area contributed by atoms with Crippen LogP contribution in [0, 0.1) is 13.8 Å². The maximum absolute atomic E-state index is 12.1. The third-order valence-electron chi connectivity index (χ3n) is 5.37. The molecule has 7 heteroatoms. The molecule has 0 saturated heterocycles. The van der Waals surface area contributed by atoms with E-state index in [0.717, 1.165) is 29.7 Å². The van der Waals surface area contributed by atoms with E-state index in [0.29, 0.717) is 34.5 Å². The number of nitrogens with zero attached hydrogens (tertiary/aromatic N) is 2. The molecule has 0 saturated carbocycles. The minimum atomic E-state index is -1.35. The Bertz CT molecular complexity index is 1190. The van der Waals surface area contributed by atoms with E-state index in [-0.39, 0.29) is 5.69 Å². The number of aryl methyl sites for hydroxylation is 2. The predicted octanol–water partition coefficient (Wildman–Crippen LogP) is 3.95. The van der Waals surface area contributed by atoms with Gasteiger partial charge in [-0.2, -0.15) is 0 Å². The Hall–Kier alpha value is -3.19. The maximum Gasteiger partial charge on any atom is 0.323 e. The number of nitrogens with one attached hydrogen (secondary N) is 2. The molecule has 4 aromatic rings. The third kappa shape index (κ3) is 3.27. The van der Waals surface area contributed by atoms with Gasteiger partial charge in [0.2, 0.25) is 0 Å². The smallest absolute Gasteiger partial charge is 0.323 e. The lowest BCUT2D eigenvalue weighted by Crippen LogP contribution is -2.29. The lowest BCUT2D eigenvalue weighted by Gasteiger charge is -2.29. The summed E-state index contributed by atoms with van der Waals surface area (Å²) >= 11 is 0. The normalized spacial score (nSPS) is 13.7. The Kier molecular flexibility index (Phi) is 4.84. The lowest BCUT2D eigenvalue weighted by molar-refractivity contribution is 0.0653. The number of pyridine rings is 1. The van der Waals surface area contributed by atoms with Crippen molar-refractivity contribution in [2.75, 3.05) is 0 Å². The van der Waals surface area contributed by atoms with Gasteiger partial charge in [-0.15, -0.1) is 0 Å². The van der Waals surface area contributed by atoms with Gasteiger partial charge < -0.3 is 19.6 Å². The molecule has 4 rings (SSSR count). The molecule has 3 heterocycles. The van der Waals surface area contributed by atoms with Crippen molar-refractivity contribution in [3.05, 3.63) is 69.7 Å². The maximum atomic E-state index is 12.1. The molecule has 0 bridgehead atoms. The summed E-state index contributed by atoms with van der Waals surface area (Å²) < 4.78 is 5.34. The van der Waals surface area contributed by atoms with Crippen molar-refractivity contribution < 1.29 is 9.63 Å². The van der Waals surface area contributed by atoms with Crippen molar-refractivity contribution in [3.63, 3.8) is 0 Å². The van der Waals surface area contributed by atoms with Crippen LogP contribution >= 0.6 is 0 Å². The summed E-state index contributed by atoms with van der Waals surface area (Å²) in [5.41, 5.74) is 3.11. The van der Waals surface area contributed by atoms with Crippen LogP contribution in [0.15, 0.2) is 45.8 Å². The topological polar surface area (TPSA) is 108 Å².